The second kappa shape index (κ2) is 11.7. The van der Waals surface area contributed by atoms with Gasteiger partial charge in [-0.2, -0.15) is 0 Å². The van der Waals surface area contributed by atoms with Gasteiger partial charge < -0.3 is 60.2 Å². The van der Waals surface area contributed by atoms with Crippen molar-refractivity contribution in [2.24, 2.45) is 4.99 Å². The Kier molecular flexibility index (Phi) is 8.92. The molecule has 2 fully saturated rings. The van der Waals surface area contributed by atoms with E-state index >= 15 is 0 Å². The van der Waals surface area contributed by atoms with Crippen LogP contribution < -0.4 is 4.74 Å². The molecule has 3 aliphatic heterocycles. The molecule has 0 radical (unpaired) electrons. The van der Waals surface area contributed by atoms with Crippen LogP contribution in [0, 0.1) is 6.92 Å². The van der Waals surface area contributed by atoms with Crippen molar-refractivity contribution in [1.82, 2.24) is 0 Å². The van der Waals surface area contributed by atoms with Crippen molar-refractivity contribution in [1.29, 1.82) is 0 Å². The number of ketones is 1. The minimum Gasteiger partial charge on any atom is -0.507 e. The third-order valence-corrected chi connectivity index (χ3v) is 7.41. The van der Waals surface area contributed by atoms with E-state index in [2.05, 4.69) is 4.99 Å². The molecule has 39 heavy (non-hydrogen) atoms. The number of ether oxygens (including phenoxy) is 3. The molecule has 14 nitrogen and oxygen atoms in total. The maximum Gasteiger partial charge on any atom is 0.180 e. The highest BCUT2D eigenvalue weighted by molar-refractivity contribution is 6.02. The van der Waals surface area contributed by atoms with Gasteiger partial charge in [-0.05, 0) is 25.5 Å². The van der Waals surface area contributed by atoms with Crippen LogP contribution in [0.3, 0.4) is 0 Å². The van der Waals surface area contributed by atoms with Crippen LogP contribution in [-0.2, 0) is 9.47 Å². The van der Waals surface area contributed by atoms with Crippen LogP contribution >= 0.6 is 0 Å². The van der Waals surface area contributed by atoms with Crippen molar-refractivity contribution in [2.45, 2.75) is 94.0 Å². The fourth-order valence-corrected chi connectivity index (χ4v) is 5.36. The Morgan fingerprint density at radius 2 is 1.56 bits per heavy atom. The topological polar surface area (TPSA) is 239 Å². The second-order valence-corrected chi connectivity index (χ2v) is 10.2. The van der Waals surface area contributed by atoms with Crippen molar-refractivity contribution in [3.05, 3.63) is 22.8 Å². The van der Waals surface area contributed by atoms with Crippen LogP contribution in [0.4, 0.5) is 0 Å². The van der Waals surface area contributed by atoms with Crippen LogP contribution in [0.15, 0.2) is 11.1 Å². The van der Waals surface area contributed by atoms with Gasteiger partial charge in [0.05, 0.1) is 24.3 Å². The van der Waals surface area contributed by atoms with Gasteiger partial charge in [0, 0.05) is 18.6 Å². The largest absolute Gasteiger partial charge is 0.507 e. The zero-order valence-electron chi connectivity index (χ0n) is 21.4. The monoisotopic (exact) mass is 557 g/mol. The first-order valence-electron chi connectivity index (χ1n) is 12.6. The Morgan fingerprint density at radius 3 is 2.21 bits per heavy atom. The molecule has 11 atom stereocenters. The molecule has 3 aliphatic rings. The number of aliphatic hydroxyl groups is 8. The number of aliphatic imine (C=N–C) groups is 1. The molecular formula is C25H35NO13. The average molecular weight is 558 g/mol. The lowest BCUT2D eigenvalue weighted by Gasteiger charge is -2.41. The van der Waals surface area contributed by atoms with Gasteiger partial charge in [-0.3, -0.25) is 9.79 Å². The van der Waals surface area contributed by atoms with E-state index in [1.165, 1.54) is 6.07 Å². The Balaban J connectivity index is 1.62. The molecule has 4 rings (SSSR count). The van der Waals surface area contributed by atoms with Crippen LogP contribution in [0.25, 0.3) is 0 Å². The summed E-state index contributed by atoms with van der Waals surface area (Å²) in [6.45, 7) is 1.83. The number of benzene rings is 1. The molecule has 9 N–H and O–H groups in total. The first-order valence-corrected chi connectivity index (χ1v) is 12.6. The Labute approximate surface area is 223 Å². The summed E-state index contributed by atoms with van der Waals surface area (Å²) in [7, 11) is 0. The van der Waals surface area contributed by atoms with E-state index in [0.29, 0.717) is 11.3 Å². The maximum absolute atomic E-state index is 13.2. The third-order valence-electron chi connectivity index (χ3n) is 7.41. The number of hydrogen-bond donors (Lipinski definition) is 9. The SMILES string of the molecule is CC(CC1CC(=O)c2c(C)cc(O)c(C3OC(CO)C(O)C(O)C3O)c2O1)=NC1C(O)OC(CO)C(O)C1O. The van der Waals surface area contributed by atoms with Crippen molar-refractivity contribution in [3.8, 4) is 11.5 Å². The molecular weight excluding hydrogens is 522 g/mol. The maximum atomic E-state index is 13.2. The molecule has 2 saturated heterocycles. The number of aromatic hydroxyl groups is 1. The highest BCUT2D eigenvalue weighted by atomic mass is 16.6. The zero-order chi connectivity index (χ0) is 28.8. The van der Waals surface area contributed by atoms with Gasteiger partial charge in [0.25, 0.3) is 0 Å². The van der Waals surface area contributed by atoms with E-state index in [-0.39, 0.29) is 35.5 Å². The number of phenols is 1. The number of carbonyl (C=O) groups is 1. The minimum atomic E-state index is -1.73. The lowest BCUT2D eigenvalue weighted by atomic mass is 9.86. The first-order chi connectivity index (χ1) is 18.4. The van der Waals surface area contributed by atoms with Crippen LogP contribution in [-0.4, -0.2) is 132 Å². The Morgan fingerprint density at radius 1 is 0.949 bits per heavy atom. The lowest BCUT2D eigenvalue weighted by Crippen LogP contribution is -2.58. The number of nitrogens with zero attached hydrogens (tertiary/aromatic N) is 1. The fraction of sp³-hybridized carbons (Fsp3) is 0.680. The summed E-state index contributed by atoms with van der Waals surface area (Å²) in [5, 5.41) is 91.4. The molecule has 0 aliphatic carbocycles. The van der Waals surface area contributed by atoms with E-state index in [0.717, 1.165) is 0 Å². The number of carbonyl (C=O) groups excluding carboxylic acids is 1. The molecule has 14 heteroatoms. The lowest BCUT2D eigenvalue weighted by molar-refractivity contribution is -0.248. The number of Topliss-reactive ketones (excluding diaryl/α,β-unsaturated/α-hetero) is 1. The number of fused-ring (bicyclic) bond motifs is 1. The number of phenolic OH excluding ortho intramolecular Hbond substituents is 1. The fourth-order valence-electron chi connectivity index (χ4n) is 5.36. The molecule has 0 spiro atoms. The summed E-state index contributed by atoms with van der Waals surface area (Å²) in [4.78, 5) is 17.4. The standard InChI is InChI=1S/C25H35NO13/c1-8-3-11(29)16(24-22(35)21(34)19(32)13(6-27)38-24)23-15(8)12(30)5-10(37-23)4-9(2)26-17-20(33)18(31)14(7-28)39-25(17)36/h3,10,13-14,17-22,24-25,27-29,31-36H,4-7H2,1-2H3. The summed E-state index contributed by atoms with van der Waals surface area (Å²) in [6.07, 6.45) is -14.5. The average Bonchev–Trinajstić information content (AvgIpc) is 2.88. The molecule has 0 saturated carbocycles. The smallest absolute Gasteiger partial charge is 0.180 e. The number of rotatable bonds is 6. The third kappa shape index (κ3) is 5.54. The second-order valence-electron chi connectivity index (χ2n) is 10.2. The van der Waals surface area contributed by atoms with Crippen molar-refractivity contribution in [2.75, 3.05) is 13.2 Å². The van der Waals surface area contributed by atoms with Crippen LogP contribution in [0.2, 0.25) is 0 Å². The van der Waals surface area contributed by atoms with E-state index < -0.39 is 86.2 Å². The van der Waals surface area contributed by atoms with Gasteiger partial charge in [0.15, 0.2) is 12.1 Å². The van der Waals surface area contributed by atoms with Crippen molar-refractivity contribution < 1.29 is 65.0 Å². The van der Waals surface area contributed by atoms with Crippen LogP contribution in [0.5, 0.6) is 11.5 Å². The molecule has 1 aromatic rings. The number of aryl methyl sites for hydroxylation is 1. The van der Waals surface area contributed by atoms with Crippen molar-refractivity contribution >= 4 is 11.5 Å². The van der Waals surface area contributed by atoms with Gasteiger partial charge in [0.1, 0.15) is 72.5 Å². The van der Waals surface area contributed by atoms with Gasteiger partial charge >= 0.3 is 0 Å². The first kappa shape index (κ1) is 29.7. The van der Waals surface area contributed by atoms with E-state index in [4.69, 9.17) is 14.2 Å². The molecule has 0 amide bonds. The van der Waals surface area contributed by atoms with E-state index in [1.807, 2.05) is 0 Å². The predicted octanol–water partition coefficient (Wildman–Crippen LogP) is -2.80. The molecule has 0 bridgehead atoms. The number of aliphatic hydroxyl groups excluding tert-OH is 8. The zero-order valence-corrected chi connectivity index (χ0v) is 21.4. The predicted molar refractivity (Wildman–Crippen MR) is 130 cm³/mol. The normalized spacial score (nSPS) is 39.3. The summed E-state index contributed by atoms with van der Waals surface area (Å²) in [6, 6.07) is 0.0195. The van der Waals surface area contributed by atoms with E-state index in [1.54, 1.807) is 13.8 Å². The van der Waals surface area contributed by atoms with Gasteiger partial charge in [-0.1, -0.05) is 0 Å². The van der Waals surface area contributed by atoms with Crippen molar-refractivity contribution in [3.63, 3.8) is 0 Å². The quantitative estimate of drug-likeness (QED) is 0.161. The highest BCUT2D eigenvalue weighted by Gasteiger charge is 2.47. The molecule has 218 valence electrons. The van der Waals surface area contributed by atoms with E-state index in [9.17, 15) is 50.8 Å². The van der Waals surface area contributed by atoms with Gasteiger partial charge in [0.2, 0.25) is 0 Å². The minimum absolute atomic E-state index is 0.0173. The van der Waals surface area contributed by atoms with Gasteiger partial charge in [-0.15, -0.1) is 0 Å². The van der Waals surface area contributed by atoms with Gasteiger partial charge in [-0.25, -0.2) is 0 Å². The molecule has 3 heterocycles. The summed E-state index contributed by atoms with van der Waals surface area (Å²) >= 11 is 0. The summed E-state index contributed by atoms with van der Waals surface area (Å²) in [5.41, 5.74) is 0.715. The summed E-state index contributed by atoms with van der Waals surface area (Å²) < 4.78 is 16.8. The molecule has 11 unspecified atom stereocenters. The Hall–Kier alpha value is -2.24. The summed E-state index contributed by atoms with van der Waals surface area (Å²) in [5.74, 6) is -0.833. The molecule has 1 aromatic carbocycles. The highest BCUT2D eigenvalue weighted by Crippen LogP contribution is 2.47. The number of hydrogen-bond acceptors (Lipinski definition) is 14. The van der Waals surface area contributed by atoms with Crippen LogP contribution in [0.1, 0.15) is 47.4 Å². The Bertz CT molecular complexity index is 1090. The molecule has 0 aromatic heterocycles.